The van der Waals surface area contributed by atoms with Crippen LogP contribution in [0.2, 0.25) is 0 Å². The first kappa shape index (κ1) is 8.66. The molecule has 0 saturated heterocycles. The van der Waals surface area contributed by atoms with Crippen LogP contribution in [0.25, 0.3) is 11.3 Å². The highest BCUT2D eigenvalue weighted by atomic mass is 14.7. The van der Waals surface area contributed by atoms with Crippen molar-refractivity contribution >= 4 is 0 Å². The van der Waals surface area contributed by atoms with Crippen LogP contribution >= 0.6 is 0 Å². The standard InChI is InChI=1S/C14H15N/c1-11(2)12-6-8-13(9-7-12)14-5-3-4-10-15-14/h3-11H,1-2H3/i11D. The van der Waals surface area contributed by atoms with Crippen LogP contribution in [0.4, 0.5) is 0 Å². The molecule has 0 aliphatic rings. The Labute approximate surface area is 92.2 Å². The highest BCUT2D eigenvalue weighted by molar-refractivity contribution is 5.59. The molecule has 1 heterocycles. The lowest BCUT2D eigenvalue weighted by atomic mass is 10.0. The van der Waals surface area contributed by atoms with Crippen molar-refractivity contribution in [2.24, 2.45) is 0 Å². The minimum Gasteiger partial charge on any atom is -0.256 e. The minimum atomic E-state index is -0.539. The number of aromatic nitrogens is 1. The van der Waals surface area contributed by atoms with E-state index < -0.39 is 5.89 Å². The largest absolute Gasteiger partial charge is 0.256 e. The Balaban J connectivity index is 2.34. The molecule has 1 aromatic heterocycles. The molecule has 0 amide bonds. The minimum absolute atomic E-state index is 0.539. The van der Waals surface area contributed by atoms with Gasteiger partial charge in [-0.15, -0.1) is 0 Å². The van der Waals surface area contributed by atoms with Gasteiger partial charge in [0.15, 0.2) is 0 Å². The average molecular weight is 198 g/mol. The molecule has 0 N–H and O–H groups in total. The zero-order valence-corrected chi connectivity index (χ0v) is 9.07. The summed E-state index contributed by atoms with van der Waals surface area (Å²) >= 11 is 0. The maximum absolute atomic E-state index is 7.93. The molecule has 1 aromatic carbocycles. The summed E-state index contributed by atoms with van der Waals surface area (Å²) < 4.78 is 7.93. The Hall–Kier alpha value is -1.63. The fourth-order valence-corrected chi connectivity index (χ4v) is 1.51. The van der Waals surface area contributed by atoms with Gasteiger partial charge in [0.1, 0.15) is 0 Å². The van der Waals surface area contributed by atoms with Gasteiger partial charge >= 0.3 is 0 Å². The van der Waals surface area contributed by atoms with Crippen molar-refractivity contribution in [2.75, 3.05) is 0 Å². The van der Waals surface area contributed by atoms with Gasteiger partial charge in [-0.25, -0.2) is 0 Å². The van der Waals surface area contributed by atoms with Gasteiger partial charge in [0.2, 0.25) is 0 Å². The molecule has 0 fully saturated rings. The Kier molecular flexibility index (Phi) is 2.46. The summed E-state index contributed by atoms with van der Waals surface area (Å²) in [4.78, 5) is 4.29. The molecular weight excluding hydrogens is 182 g/mol. The molecule has 0 saturated carbocycles. The maximum atomic E-state index is 7.93. The number of rotatable bonds is 2. The number of hydrogen-bond acceptors (Lipinski definition) is 1. The van der Waals surface area contributed by atoms with E-state index in [1.807, 2.05) is 56.3 Å². The van der Waals surface area contributed by atoms with Crippen molar-refractivity contribution in [1.82, 2.24) is 4.98 Å². The lowest BCUT2D eigenvalue weighted by molar-refractivity contribution is 0.867. The average Bonchev–Trinajstić information content (AvgIpc) is 2.29. The summed E-state index contributed by atoms with van der Waals surface area (Å²) in [6.07, 6.45) is 1.79. The van der Waals surface area contributed by atoms with Gasteiger partial charge in [-0.3, -0.25) is 4.98 Å². The topological polar surface area (TPSA) is 12.9 Å². The van der Waals surface area contributed by atoms with Crippen LogP contribution in [0, 0.1) is 0 Å². The van der Waals surface area contributed by atoms with Crippen molar-refractivity contribution in [1.29, 1.82) is 0 Å². The van der Waals surface area contributed by atoms with Crippen LogP contribution in [-0.4, -0.2) is 4.98 Å². The van der Waals surface area contributed by atoms with Crippen molar-refractivity contribution < 1.29 is 1.37 Å². The normalized spacial score (nSPS) is 12.3. The van der Waals surface area contributed by atoms with E-state index in [-0.39, 0.29) is 0 Å². The number of nitrogens with zero attached hydrogens (tertiary/aromatic N) is 1. The van der Waals surface area contributed by atoms with E-state index in [1.165, 1.54) is 0 Å². The summed E-state index contributed by atoms with van der Waals surface area (Å²) in [6.45, 7) is 3.78. The van der Waals surface area contributed by atoms with E-state index in [2.05, 4.69) is 4.98 Å². The third-order valence-electron chi connectivity index (χ3n) is 2.42. The molecule has 2 aromatic rings. The zero-order chi connectivity index (χ0) is 11.6. The third-order valence-corrected chi connectivity index (χ3v) is 2.42. The van der Waals surface area contributed by atoms with Crippen LogP contribution < -0.4 is 0 Å². The van der Waals surface area contributed by atoms with Gasteiger partial charge in [-0.1, -0.05) is 44.2 Å². The van der Waals surface area contributed by atoms with E-state index in [1.54, 1.807) is 6.20 Å². The molecule has 0 spiro atoms. The van der Waals surface area contributed by atoms with Crippen molar-refractivity contribution in [3.05, 3.63) is 54.2 Å². The first-order valence-electron chi connectivity index (χ1n) is 5.59. The molecule has 0 unspecified atom stereocenters. The van der Waals surface area contributed by atoms with Crippen molar-refractivity contribution in [3.63, 3.8) is 0 Å². The predicted octanol–water partition coefficient (Wildman–Crippen LogP) is 3.87. The Morgan fingerprint density at radius 1 is 1.07 bits per heavy atom. The quantitative estimate of drug-likeness (QED) is 0.713. The molecule has 0 bridgehead atoms. The molecule has 0 radical (unpaired) electrons. The van der Waals surface area contributed by atoms with Crippen LogP contribution in [0.15, 0.2) is 48.7 Å². The van der Waals surface area contributed by atoms with Crippen LogP contribution in [-0.2, 0) is 0 Å². The van der Waals surface area contributed by atoms with E-state index in [4.69, 9.17) is 1.37 Å². The molecule has 0 aliphatic carbocycles. The predicted molar refractivity (Wildman–Crippen MR) is 63.8 cm³/mol. The molecule has 15 heavy (non-hydrogen) atoms. The van der Waals surface area contributed by atoms with E-state index in [9.17, 15) is 0 Å². The second kappa shape index (κ2) is 4.26. The summed E-state index contributed by atoms with van der Waals surface area (Å²) in [5.41, 5.74) is 3.08. The van der Waals surface area contributed by atoms with Gasteiger partial charge in [-0.2, -0.15) is 0 Å². The van der Waals surface area contributed by atoms with Gasteiger partial charge in [0.05, 0.1) is 5.69 Å². The first-order valence-corrected chi connectivity index (χ1v) is 5.09. The highest BCUT2D eigenvalue weighted by Gasteiger charge is 2.00. The fourth-order valence-electron chi connectivity index (χ4n) is 1.51. The summed E-state index contributed by atoms with van der Waals surface area (Å²) in [7, 11) is 0. The summed E-state index contributed by atoms with van der Waals surface area (Å²) in [5, 5.41) is 0. The number of benzene rings is 1. The molecule has 2 rings (SSSR count). The van der Waals surface area contributed by atoms with Crippen molar-refractivity contribution in [3.8, 4) is 11.3 Å². The lowest BCUT2D eigenvalue weighted by Crippen LogP contribution is -1.87. The number of pyridine rings is 1. The van der Waals surface area contributed by atoms with Gasteiger partial charge in [0.25, 0.3) is 0 Å². The maximum Gasteiger partial charge on any atom is 0.0701 e. The Bertz CT molecular complexity index is 454. The smallest absolute Gasteiger partial charge is 0.0701 e. The van der Waals surface area contributed by atoms with E-state index in [0.29, 0.717) is 0 Å². The fraction of sp³-hybridized carbons (Fsp3) is 0.214. The Morgan fingerprint density at radius 2 is 1.80 bits per heavy atom. The first-order chi connectivity index (χ1) is 7.57. The molecule has 1 heteroatoms. The van der Waals surface area contributed by atoms with E-state index in [0.717, 1.165) is 16.8 Å². The molecule has 76 valence electrons. The molecule has 1 nitrogen and oxygen atoms in total. The van der Waals surface area contributed by atoms with Gasteiger partial charge < -0.3 is 0 Å². The molecular formula is C14H15N. The number of hydrogen-bond donors (Lipinski definition) is 0. The molecule has 0 atom stereocenters. The second-order valence-corrected chi connectivity index (χ2v) is 3.79. The zero-order valence-electron chi connectivity index (χ0n) is 10.1. The van der Waals surface area contributed by atoms with Crippen LogP contribution in [0.1, 0.15) is 26.7 Å². The SMILES string of the molecule is [2H]C(C)(C)c1ccc(-c2ccccn2)cc1. The summed E-state index contributed by atoms with van der Waals surface area (Å²) in [5.74, 6) is -0.539. The third kappa shape index (κ3) is 2.24. The monoisotopic (exact) mass is 198 g/mol. The lowest BCUT2D eigenvalue weighted by Gasteiger charge is -2.06. The van der Waals surface area contributed by atoms with E-state index >= 15 is 0 Å². The van der Waals surface area contributed by atoms with Crippen LogP contribution in [0.3, 0.4) is 0 Å². The van der Waals surface area contributed by atoms with Crippen LogP contribution in [0.5, 0.6) is 0 Å². The summed E-state index contributed by atoms with van der Waals surface area (Å²) in [6, 6.07) is 13.9. The molecule has 0 aliphatic heterocycles. The van der Waals surface area contributed by atoms with Gasteiger partial charge in [0, 0.05) is 13.1 Å². The highest BCUT2D eigenvalue weighted by Crippen LogP contribution is 2.20. The van der Waals surface area contributed by atoms with Gasteiger partial charge in [-0.05, 0) is 23.6 Å². The second-order valence-electron chi connectivity index (χ2n) is 3.79. The van der Waals surface area contributed by atoms with Crippen molar-refractivity contribution in [2.45, 2.75) is 19.7 Å². The Morgan fingerprint density at radius 3 is 2.33 bits per heavy atom.